The molecule has 2 rings (SSSR count). The molecule has 0 radical (unpaired) electrons. The van der Waals surface area contributed by atoms with Gasteiger partial charge in [-0.3, -0.25) is 0 Å². The van der Waals surface area contributed by atoms with Gasteiger partial charge in [-0.25, -0.2) is 4.98 Å². The summed E-state index contributed by atoms with van der Waals surface area (Å²) >= 11 is 4.84. The van der Waals surface area contributed by atoms with Crippen LogP contribution in [-0.2, 0) is 0 Å². The molecule has 0 aliphatic rings. The number of ether oxygens (including phenoxy) is 1. The molecule has 0 saturated carbocycles. The zero-order chi connectivity index (χ0) is 12.3. The molecule has 0 N–H and O–H groups in total. The summed E-state index contributed by atoms with van der Waals surface area (Å²) in [6.45, 7) is 2.06. The smallest absolute Gasteiger partial charge is 0.231 e. The van der Waals surface area contributed by atoms with Crippen LogP contribution in [0.2, 0.25) is 0 Å². The first-order chi connectivity index (χ1) is 8.19. The van der Waals surface area contributed by atoms with Crippen LogP contribution in [0.25, 0.3) is 0 Å². The highest BCUT2D eigenvalue weighted by Crippen LogP contribution is 2.28. The van der Waals surface area contributed by atoms with Gasteiger partial charge in [0, 0.05) is 11.1 Å². The molecule has 0 atom stereocenters. The fourth-order valence-electron chi connectivity index (χ4n) is 1.24. The molecule has 0 spiro atoms. The van der Waals surface area contributed by atoms with Gasteiger partial charge in [-0.05, 0) is 46.7 Å². The minimum Gasteiger partial charge on any atom is -0.480 e. The zero-order valence-electron chi connectivity index (χ0n) is 9.48. The molecule has 0 fully saturated rings. The molecule has 1 heterocycles. The Kier molecular flexibility index (Phi) is 4.02. The molecule has 0 bridgehead atoms. The Labute approximate surface area is 113 Å². The van der Waals surface area contributed by atoms with Crippen LogP contribution in [0.3, 0.4) is 0 Å². The van der Waals surface area contributed by atoms with E-state index >= 15 is 0 Å². The highest BCUT2D eigenvalue weighted by atomic mass is 79.9. The first-order valence-electron chi connectivity index (χ1n) is 5.00. The van der Waals surface area contributed by atoms with E-state index in [4.69, 9.17) is 4.74 Å². The molecule has 88 valence electrons. The third kappa shape index (κ3) is 3.20. The predicted octanol–water partition coefficient (Wildman–Crippen LogP) is 3.71. The number of hydrogen-bond acceptors (Lipinski definition) is 4. The number of benzene rings is 1. The van der Waals surface area contributed by atoms with Gasteiger partial charge < -0.3 is 4.74 Å². The number of nitrogens with zero attached hydrogens (tertiary/aromatic N) is 2. The molecule has 1 aromatic heterocycles. The average Bonchev–Trinajstić information content (AvgIpc) is 2.34. The Hall–Kier alpha value is -1.07. The van der Waals surface area contributed by atoms with Crippen LogP contribution in [0.15, 0.2) is 45.0 Å². The van der Waals surface area contributed by atoms with Crippen molar-refractivity contribution in [1.29, 1.82) is 0 Å². The van der Waals surface area contributed by atoms with E-state index in [2.05, 4.69) is 57.1 Å². The van der Waals surface area contributed by atoms with Crippen molar-refractivity contribution in [2.75, 3.05) is 7.11 Å². The molecule has 5 heteroatoms. The lowest BCUT2D eigenvalue weighted by Gasteiger charge is -2.04. The van der Waals surface area contributed by atoms with Gasteiger partial charge in [-0.2, -0.15) is 4.98 Å². The first kappa shape index (κ1) is 12.4. The monoisotopic (exact) mass is 310 g/mol. The minimum absolute atomic E-state index is 0.551. The van der Waals surface area contributed by atoms with Crippen molar-refractivity contribution < 1.29 is 4.74 Å². The van der Waals surface area contributed by atoms with Gasteiger partial charge in [0.1, 0.15) is 0 Å². The van der Waals surface area contributed by atoms with Crippen LogP contribution < -0.4 is 4.74 Å². The van der Waals surface area contributed by atoms with Crippen LogP contribution in [0, 0.1) is 6.92 Å². The topological polar surface area (TPSA) is 35.0 Å². The van der Waals surface area contributed by atoms with Crippen LogP contribution in [-0.4, -0.2) is 17.1 Å². The van der Waals surface area contributed by atoms with Gasteiger partial charge in [0.15, 0.2) is 5.16 Å². The number of aryl methyl sites for hydroxylation is 1. The van der Waals surface area contributed by atoms with Crippen molar-refractivity contribution in [1.82, 2.24) is 9.97 Å². The van der Waals surface area contributed by atoms with Gasteiger partial charge in [0.05, 0.1) is 11.6 Å². The molecule has 2 aromatic rings. The van der Waals surface area contributed by atoms with Crippen molar-refractivity contribution in [3.63, 3.8) is 0 Å². The molecular weight excluding hydrogens is 300 g/mol. The standard InChI is InChI=1S/C12H11BrN2OS/c1-8-3-5-9(6-4-8)17-12-14-7-10(13)11(15-12)16-2/h3-7H,1-2H3. The van der Waals surface area contributed by atoms with Gasteiger partial charge in [-0.1, -0.05) is 17.7 Å². The Morgan fingerprint density at radius 2 is 1.94 bits per heavy atom. The van der Waals surface area contributed by atoms with E-state index in [0.29, 0.717) is 11.0 Å². The highest BCUT2D eigenvalue weighted by Gasteiger charge is 2.06. The average molecular weight is 311 g/mol. The lowest BCUT2D eigenvalue weighted by atomic mass is 10.2. The largest absolute Gasteiger partial charge is 0.480 e. The van der Waals surface area contributed by atoms with Gasteiger partial charge >= 0.3 is 0 Å². The summed E-state index contributed by atoms with van der Waals surface area (Å²) in [5.74, 6) is 0.551. The maximum atomic E-state index is 5.13. The van der Waals surface area contributed by atoms with E-state index in [1.165, 1.54) is 17.3 Å². The second kappa shape index (κ2) is 5.51. The van der Waals surface area contributed by atoms with Crippen molar-refractivity contribution in [2.45, 2.75) is 17.0 Å². The quantitative estimate of drug-likeness (QED) is 0.810. The number of methoxy groups -OCH3 is 1. The van der Waals surface area contributed by atoms with E-state index in [0.717, 1.165) is 9.37 Å². The van der Waals surface area contributed by atoms with E-state index in [1.54, 1.807) is 13.3 Å². The van der Waals surface area contributed by atoms with Gasteiger partial charge in [0.25, 0.3) is 0 Å². The number of rotatable bonds is 3. The second-order valence-corrected chi connectivity index (χ2v) is 5.32. The summed E-state index contributed by atoms with van der Waals surface area (Å²) in [4.78, 5) is 9.63. The summed E-state index contributed by atoms with van der Waals surface area (Å²) < 4.78 is 5.89. The van der Waals surface area contributed by atoms with Crippen molar-refractivity contribution in [3.05, 3.63) is 40.5 Å². The van der Waals surface area contributed by atoms with E-state index in [-0.39, 0.29) is 0 Å². The fourth-order valence-corrected chi connectivity index (χ4v) is 2.31. The molecular formula is C12H11BrN2OS. The lowest BCUT2D eigenvalue weighted by molar-refractivity contribution is 0.389. The van der Waals surface area contributed by atoms with E-state index in [9.17, 15) is 0 Å². The Bertz CT molecular complexity index is 516. The summed E-state index contributed by atoms with van der Waals surface area (Å²) in [5.41, 5.74) is 1.24. The maximum absolute atomic E-state index is 5.13. The summed E-state index contributed by atoms with van der Waals surface area (Å²) in [5, 5.41) is 0.675. The molecule has 0 unspecified atom stereocenters. The van der Waals surface area contributed by atoms with Crippen molar-refractivity contribution >= 4 is 27.7 Å². The SMILES string of the molecule is COc1nc(Sc2ccc(C)cc2)ncc1Br. The fraction of sp³-hybridized carbons (Fsp3) is 0.167. The normalized spacial score (nSPS) is 10.3. The van der Waals surface area contributed by atoms with Crippen LogP contribution >= 0.6 is 27.7 Å². The third-order valence-electron chi connectivity index (χ3n) is 2.11. The molecule has 0 aliphatic carbocycles. The van der Waals surface area contributed by atoms with E-state index < -0.39 is 0 Å². The molecule has 0 aliphatic heterocycles. The Morgan fingerprint density at radius 3 is 2.59 bits per heavy atom. The molecule has 17 heavy (non-hydrogen) atoms. The third-order valence-corrected chi connectivity index (χ3v) is 3.54. The number of hydrogen-bond donors (Lipinski definition) is 0. The Morgan fingerprint density at radius 1 is 1.24 bits per heavy atom. The summed E-state index contributed by atoms with van der Waals surface area (Å²) in [7, 11) is 1.59. The molecule has 0 amide bonds. The van der Waals surface area contributed by atoms with Gasteiger partial charge in [0.2, 0.25) is 5.88 Å². The summed E-state index contributed by atoms with van der Waals surface area (Å²) in [6, 6.07) is 8.24. The molecule has 0 saturated heterocycles. The maximum Gasteiger partial charge on any atom is 0.231 e. The lowest BCUT2D eigenvalue weighted by Crippen LogP contribution is -1.93. The highest BCUT2D eigenvalue weighted by molar-refractivity contribution is 9.10. The van der Waals surface area contributed by atoms with Crippen LogP contribution in [0.5, 0.6) is 5.88 Å². The van der Waals surface area contributed by atoms with Gasteiger partial charge in [-0.15, -0.1) is 0 Å². The Balaban J connectivity index is 2.21. The van der Waals surface area contributed by atoms with Crippen LogP contribution in [0.4, 0.5) is 0 Å². The number of halogens is 1. The van der Waals surface area contributed by atoms with E-state index in [1.807, 2.05) is 0 Å². The predicted molar refractivity (Wildman–Crippen MR) is 71.6 cm³/mol. The van der Waals surface area contributed by atoms with Crippen molar-refractivity contribution in [3.8, 4) is 5.88 Å². The second-order valence-electron chi connectivity index (χ2n) is 3.42. The van der Waals surface area contributed by atoms with Crippen molar-refractivity contribution in [2.24, 2.45) is 0 Å². The zero-order valence-corrected chi connectivity index (χ0v) is 11.9. The minimum atomic E-state index is 0.551. The number of aromatic nitrogens is 2. The molecule has 1 aromatic carbocycles. The summed E-state index contributed by atoms with van der Waals surface area (Å²) in [6.07, 6.45) is 1.70. The van der Waals surface area contributed by atoms with Crippen LogP contribution in [0.1, 0.15) is 5.56 Å². The first-order valence-corrected chi connectivity index (χ1v) is 6.61. The molecule has 3 nitrogen and oxygen atoms in total.